The van der Waals surface area contributed by atoms with Gasteiger partial charge in [-0.25, -0.2) is 9.97 Å². The number of nitrogens with zero attached hydrogens (tertiary/aromatic N) is 3. The minimum Gasteiger partial charge on any atom is -0.288 e. The highest BCUT2D eigenvalue weighted by Gasteiger charge is 2.20. The molecule has 0 unspecified atom stereocenters. The smallest absolute Gasteiger partial charge is 0.148 e. The average molecular weight is 261 g/mol. The van der Waals surface area contributed by atoms with Crippen LogP contribution in [-0.4, -0.2) is 20.1 Å². The Bertz CT molecular complexity index is 726. The van der Waals surface area contributed by atoms with E-state index in [0.717, 1.165) is 28.5 Å². The highest BCUT2D eigenvalue weighted by Crippen LogP contribution is 2.38. The van der Waals surface area contributed by atoms with Gasteiger partial charge >= 0.3 is 0 Å². The Morgan fingerprint density at radius 1 is 1.41 bits per heavy atom. The molecule has 0 aromatic carbocycles. The van der Waals surface area contributed by atoms with E-state index in [4.69, 9.17) is 4.98 Å². The van der Waals surface area contributed by atoms with E-state index in [1.807, 2.05) is 42.4 Å². The molecule has 1 aliphatic heterocycles. The number of hydrogen-bond donors (Lipinski definition) is 0. The van der Waals surface area contributed by atoms with E-state index in [-0.39, 0.29) is 0 Å². The van der Waals surface area contributed by atoms with Crippen LogP contribution in [0.5, 0.6) is 0 Å². The van der Waals surface area contributed by atoms with Gasteiger partial charge in [0.15, 0.2) is 0 Å². The molecule has 5 heteroatoms. The average Bonchev–Trinajstić information content (AvgIpc) is 2.90. The first kappa shape index (κ1) is 9.91. The fourth-order valence-electron chi connectivity index (χ4n) is 2.48. The fourth-order valence-corrected chi connectivity index (χ4v) is 4.87. The molecule has 3 nitrogen and oxygen atoms in total. The van der Waals surface area contributed by atoms with E-state index in [2.05, 4.69) is 9.38 Å². The highest BCUT2D eigenvalue weighted by molar-refractivity contribution is 7.98. The zero-order valence-corrected chi connectivity index (χ0v) is 11.1. The van der Waals surface area contributed by atoms with Crippen LogP contribution < -0.4 is 0 Å². The van der Waals surface area contributed by atoms with E-state index in [9.17, 15) is 0 Å². The Morgan fingerprint density at radius 3 is 3.29 bits per heavy atom. The standard InChI is InChI=1S/C12H11N3S2/c1-7-14-12-10(11-13-3-4-15(7)11)8-2-5-16-6-9(8)17-12/h3-4H,2,5-6H2,1H3. The number of aromatic nitrogens is 3. The van der Waals surface area contributed by atoms with E-state index < -0.39 is 0 Å². The van der Waals surface area contributed by atoms with Crippen LogP contribution in [0, 0.1) is 6.92 Å². The van der Waals surface area contributed by atoms with Crippen LogP contribution in [0.15, 0.2) is 12.4 Å². The monoisotopic (exact) mass is 261 g/mol. The van der Waals surface area contributed by atoms with Gasteiger partial charge in [0.1, 0.15) is 16.3 Å². The van der Waals surface area contributed by atoms with Crippen LogP contribution in [0.25, 0.3) is 15.9 Å². The maximum atomic E-state index is 4.71. The van der Waals surface area contributed by atoms with Gasteiger partial charge in [-0.1, -0.05) is 0 Å². The molecule has 0 saturated carbocycles. The summed E-state index contributed by atoms with van der Waals surface area (Å²) in [6.45, 7) is 2.04. The van der Waals surface area contributed by atoms with Gasteiger partial charge in [0.05, 0.1) is 5.39 Å². The molecule has 4 heterocycles. The maximum Gasteiger partial charge on any atom is 0.148 e. The van der Waals surface area contributed by atoms with E-state index in [0.29, 0.717) is 0 Å². The Labute approximate surface area is 107 Å². The molecule has 0 bridgehead atoms. The summed E-state index contributed by atoms with van der Waals surface area (Å²) in [7, 11) is 0. The molecule has 0 amide bonds. The van der Waals surface area contributed by atoms with Crippen molar-refractivity contribution >= 4 is 39.0 Å². The van der Waals surface area contributed by atoms with Crippen molar-refractivity contribution in [3.8, 4) is 0 Å². The molecule has 4 rings (SSSR count). The van der Waals surface area contributed by atoms with Crippen LogP contribution in [0.2, 0.25) is 0 Å². The lowest BCUT2D eigenvalue weighted by atomic mass is 10.1. The first-order valence-electron chi connectivity index (χ1n) is 5.66. The van der Waals surface area contributed by atoms with Crippen molar-refractivity contribution in [2.75, 3.05) is 5.75 Å². The lowest BCUT2D eigenvalue weighted by Crippen LogP contribution is -2.00. The summed E-state index contributed by atoms with van der Waals surface area (Å²) in [5.74, 6) is 3.39. The second-order valence-corrected chi connectivity index (χ2v) is 6.46. The summed E-state index contributed by atoms with van der Waals surface area (Å²) in [5, 5.41) is 1.29. The molecule has 0 atom stereocenters. The SMILES string of the molecule is Cc1nc2sc3c(c2c2nccn12)CCSC3. The van der Waals surface area contributed by atoms with Gasteiger partial charge in [-0.15, -0.1) is 11.3 Å². The van der Waals surface area contributed by atoms with E-state index >= 15 is 0 Å². The van der Waals surface area contributed by atoms with Gasteiger partial charge in [-0.2, -0.15) is 11.8 Å². The van der Waals surface area contributed by atoms with Crippen LogP contribution in [-0.2, 0) is 12.2 Å². The molecule has 1 aliphatic rings. The quantitative estimate of drug-likeness (QED) is 0.623. The first-order chi connectivity index (χ1) is 8.34. The molecule has 0 saturated heterocycles. The zero-order chi connectivity index (χ0) is 11.4. The van der Waals surface area contributed by atoms with E-state index in [1.54, 1.807) is 0 Å². The van der Waals surface area contributed by atoms with Crippen molar-refractivity contribution in [2.24, 2.45) is 0 Å². The molecule has 3 aromatic rings. The van der Waals surface area contributed by atoms with Gasteiger partial charge in [-0.3, -0.25) is 4.40 Å². The molecule has 3 aromatic heterocycles. The molecule has 0 radical (unpaired) electrons. The van der Waals surface area contributed by atoms with Gasteiger partial charge in [0.2, 0.25) is 0 Å². The summed E-state index contributed by atoms with van der Waals surface area (Å²) in [6.07, 6.45) is 5.02. The minimum absolute atomic E-state index is 1.02. The number of rotatable bonds is 0. The fraction of sp³-hybridized carbons (Fsp3) is 0.333. The predicted octanol–water partition coefficient (Wildman–Crippen LogP) is 3.04. The summed E-state index contributed by atoms with van der Waals surface area (Å²) >= 11 is 3.87. The minimum atomic E-state index is 1.02. The summed E-state index contributed by atoms with van der Waals surface area (Å²) < 4.78 is 2.09. The van der Waals surface area contributed by atoms with Crippen LogP contribution >= 0.6 is 23.1 Å². The molecule has 0 N–H and O–H groups in total. The number of fused-ring (bicyclic) bond motifs is 5. The van der Waals surface area contributed by atoms with Gasteiger partial charge in [0.25, 0.3) is 0 Å². The lowest BCUT2D eigenvalue weighted by molar-refractivity contribution is 1.02. The van der Waals surface area contributed by atoms with Crippen molar-refractivity contribution in [2.45, 2.75) is 19.1 Å². The van der Waals surface area contributed by atoms with Crippen LogP contribution in [0.1, 0.15) is 16.3 Å². The molecule has 86 valence electrons. The van der Waals surface area contributed by atoms with E-state index in [1.165, 1.54) is 21.6 Å². The maximum absolute atomic E-state index is 4.71. The highest BCUT2D eigenvalue weighted by atomic mass is 32.2. The Hall–Kier alpha value is -1.07. The van der Waals surface area contributed by atoms with Gasteiger partial charge in [0, 0.05) is 23.0 Å². The Morgan fingerprint density at radius 2 is 2.35 bits per heavy atom. The third kappa shape index (κ3) is 1.29. The third-order valence-corrected chi connectivity index (χ3v) is 5.57. The van der Waals surface area contributed by atoms with Crippen molar-refractivity contribution in [3.05, 3.63) is 28.7 Å². The number of thioether (sulfide) groups is 1. The molecular formula is C12H11N3S2. The number of hydrogen-bond acceptors (Lipinski definition) is 4. The molecule has 0 spiro atoms. The Kier molecular flexibility index (Phi) is 2.02. The number of thiophene rings is 1. The molecule has 0 fully saturated rings. The zero-order valence-electron chi connectivity index (χ0n) is 9.43. The topological polar surface area (TPSA) is 30.2 Å². The lowest BCUT2D eigenvalue weighted by Gasteiger charge is -2.10. The van der Waals surface area contributed by atoms with Crippen LogP contribution in [0.3, 0.4) is 0 Å². The van der Waals surface area contributed by atoms with Crippen LogP contribution in [0.4, 0.5) is 0 Å². The van der Waals surface area contributed by atoms with Gasteiger partial charge in [-0.05, 0) is 24.7 Å². The second-order valence-electron chi connectivity index (χ2n) is 4.27. The number of imidazole rings is 1. The third-order valence-electron chi connectivity index (χ3n) is 3.28. The normalized spacial score (nSPS) is 15.6. The molecule has 0 aliphatic carbocycles. The first-order valence-corrected chi connectivity index (χ1v) is 7.63. The summed E-state index contributed by atoms with van der Waals surface area (Å²) in [5.41, 5.74) is 2.57. The summed E-state index contributed by atoms with van der Waals surface area (Å²) in [4.78, 5) is 11.9. The largest absolute Gasteiger partial charge is 0.288 e. The summed E-state index contributed by atoms with van der Waals surface area (Å²) in [6, 6.07) is 0. The Balaban J connectivity index is 2.23. The van der Waals surface area contributed by atoms with Crippen molar-refractivity contribution in [1.29, 1.82) is 0 Å². The molecule has 17 heavy (non-hydrogen) atoms. The van der Waals surface area contributed by atoms with Gasteiger partial charge < -0.3 is 0 Å². The van der Waals surface area contributed by atoms with Crippen molar-refractivity contribution in [3.63, 3.8) is 0 Å². The molecular weight excluding hydrogens is 250 g/mol. The number of aryl methyl sites for hydroxylation is 2. The van der Waals surface area contributed by atoms with Crippen molar-refractivity contribution in [1.82, 2.24) is 14.4 Å². The van der Waals surface area contributed by atoms with Crippen molar-refractivity contribution < 1.29 is 0 Å². The second kappa shape index (κ2) is 3.46. The predicted molar refractivity (Wildman–Crippen MR) is 73.0 cm³/mol.